The third-order valence-electron chi connectivity index (χ3n) is 4.06. The average Bonchev–Trinajstić information content (AvgIpc) is 2.42. The zero-order valence-corrected chi connectivity index (χ0v) is 15.9. The molecule has 0 aromatic heterocycles. The molecule has 0 spiro atoms. The second-order valence-corrected chi connectivity index (χ2v) is 13.2. The maximum Gasteiger partial charge on any atom is 0.192 e. The summed E-state index contributed by atoms with van der Waals surface area (Å²) >= 11 is 0. The molecule has 1 aromatic carbocycles. The van der Waals surface area contributed by atoms with Crippen molar-refractivity contribution >= 4 is 19.1 Å². The fourth-order valence-corrected chi connectivity index (χ4v) is 3.57. The van der Waals surface area contributed by atoms with Crippen molar-refractivity contribution in [1.82, 2.24) is 0 Å². The lowest BCUT2D eigenvalue weighted by molar-refractivity contribution is 0.318. The van der Waals surface area contributed by atoms with E-state index in [0.717, 1.165) is 10.5 Å². The molecular weight excluding hydrogens is 296 g/mol. The molecule has 0 saturated heterocycles. The zero-order valence-electron chi connectivity index (χ0n) is 14.1. The van der Waals surface area contributed by atoms with Crippen molar-refractivity contribution in [3.8, 4) is 0 Å². The van der Waals surface area contributed by atoms with E-state index in [2.05, 4.69) is 40.8 Å². The molecule has 1 aromatic rings. The monoisotopic (exact) mass is 324 g/mol. The highest BCUT2D eigenvalue weighted by Gasteiger charge is 2.36. The van der Waals surface area contributed by atoms with Crippen molar-refractivity contribution in [3.63, 3.8) is 0 Å². The Morgan fingerprint density at radius 3 is 2.33 bits per heavy atom. The Labute approximate surface area is 133 Å². The first-order valence-corrected chi connectivity index (χ1v) is 11.6. The third-order valence-corrected chi connectivity index (χ3v) is 9.80. The lowest BCUT2D eigenvalue weighted by Crippen LogP contribution is -2.41. The van der Waals surface area contributed by atoms with Crippen LogP contribution in [0.15, 0.2) is 46.9 Å². The minimum absolute atomic E-state index is 0.222. The first-order chi connectivity index (χ1) is 9.63. The molecular formula is C17H28O2SSi. The molecule has 0 aliphatic rings. The van der Waals surface area contributed by atoms with E-state index in [9.17, 15) is 4.21 Å². The molecule has 0 radical (unpaired) electrons. The molecule has 1 atom stereocenters. The van der Waals surface area contributed by atoms with Crippen molar-refractivity contribution in [2.45, 2.75) is 50.7 Å². The standard InChI is InChI=1S/C17H28O2SSi/c1-15(14-19-21(5,6)17(2,3)4)12-13-20(18)16-10-8-7-9-11-16/h7-12H,13-14H2,1-6H3/b15-12+. The Morgan fingerprint density at radius 1 is 1.24 bits per heavy atom. The van der Waals surface area contributed by atoms with Gasteiger partial charge in [0.2, 0.25) is 0 Å². The van der Waals surface area contributed by atoms with Crippen LogP contribution in [0.3, 0.4) is 0 Å². The van der Waals surface area contributed by atoms with E-state index < -0.39 is 19.1 Å². The van der Waals surface area contributed by atoms with Crippen LogP contribution in [0.2, 0.25) is 18.1 Å². The molecule has 0 aliphatic carbocycles. The molecule has 118 valence electrons. The fourth-order valence-electron chi connectivity index (χ4n) is 1.46. The van der Waals surface area contributed by atoms with Gasteiger partial charge in [-0.05, 0) is 37.2 Å². The van der Waals surface area contributed by atoms with Crippen LogP contribution in [0, 0.1) is 0 Å². The highest BCUT2D eigenvalue weighted by atomic mass is 32.2. The van der Waals surface area contributed by atoms with Gasteiger partial charge in [0, 0.05) is 10.6 Å². The number of hydrogen-bond acceptors (Lipinski definition) is 2. The zero-order chi connectivity index (χ0) is 16.1. The Morgan fingerprint density at radius 2 is 1.81 bits per heavy atom. The van der Waals surface area contributed by atoms with Gasteiger partial charge < -0.3 is 4.43 Å². The van der Waals surface area contributed by atoms with Crippen LogP contribution in [0.25, 0.3) is 0 Å². The second kappa shape index (κ2) is 7.52. The lowest BCUT2D eigenvalue weighted by atomic mass is 10.2. The van der Waals surface area contributed by atoms with Gasteiger partial charge in [-0.1, -0.05) is 50.6 Å². The van der Waals surface area contributed by atoms with Gasteiger partial charge in [-0.2, -0.15) is 0 Å². The normalized spacial score (nSPS) is 15.0. The molecule has 0 fully saturated rings. The molecule has 1 rings (SSSR count). The molecule has 0 aliphatic heterocycles. The summed E-state index contributed by atoms with van der Waals surface area (Å²) < 4.78 is 18.3. The minimum atomic E-state index is -1.70. The molecule has 0 bridgehead atoms. The third kappa shape index (κ3) is 5.89. The van der Waals surface area contributed by atoms with Crippen molar-refractivity contribution in [2.75, 3.05) is 12.4 Å². The summed E-state index contributed by atoms with van der Waals surface area (Å²) in [5, 5.41) is 0.222. The topological polar surface area (TPSA) is 26.3 Å². The second-order valence-electron chi connectivity index (χ2n) is 6.92. The van der Waals surface area contributed by atoms with Gasteiger partial charge in [-0.3, -0.25) is 4.21 Å². The highest BCUT2D eigenvalue weighted by Crippen LogP contribution is 2.36. The average molecular weight is 325 g/mol. The van der Waals surface area contributed by atoms with Crippen molar-refractivity contribution in [1.29, 1.82) is 0 Å². The quantitative estimate of drug-likeness (QED) is 0.557. The molecule has 0 saturated carbocycles. The molecule has 0 amide bonds. The molecule has 1 unspecified atom stereocenters. The van der Waals surface area contributed by atoms with E-state index in [4.69, 9.17) is 4.43 Å². The van der Waals surface area contributed by atoms with Crippen LogP contribution >= 0.6 is 0 Å². The SMILES string of the molecule is C/C(=C\CS(=O)c1ccccc1)CO[Si](C)(C)C(C)(C)C. The summed E-state index contributed by atoms with van der Waals surface area (Å²) in [5.74, 6) is 0.552. The van der Waals surface area contributed by atoms with Gasteiger partial charge in [-0.15, -0.1) is 0 Å². The van der Waals surface area contributed by atoms with Gasteiger partial charge >= 0.3 is 0 Å². The molecule has 0 N–H and O–H groups in total. The number of hydrogen-bond donors (Lipinski definition) is 0. The van der Waals surface area contributed by atoms with E-state index in [1.165, 1.54) is 0 Å². The van der Waals surface area contributed by atoms with Crippen molar-refractivity contribution in [3.05, 3.63) is 42.0 Å². The number of benzene rings is 1. The minimum Gasteiger partial charge on any atom is -0.413 e. The molecule has 0 heterocycles. The molecule has 4 heteroatoms. The van der Waals surface area contributed by atoms with E-state index in [1.807, 2.05) is 36.4 Å². The maximum atomic E-state index is 12.1. The molecule has 21 heavy (non-hydrogen) atoms. The van der Waals surface area contributed by atoms with Crippen LogP contribution < -0.4 is 0 Å². The van der Waals surface area contributed by atoms with Crippen LogP contribution in [-0.2, 0) is 15.2 Å². The van der Waals surface area contributed by atoms with E-state index >= 15 is 0 Å². The summed E-state index contributed by atoms with van der Waals surface area (Å²) in [4.78, 5) is 0.881. The van der Waals surface area contributed by atoms with Crippen LogP contribution in [0.1, 0.15) is 27.7 Å². The van der Waals surface area contributed by atoms with Gasteiger partial charge in [0.25, 0.3) is 0 Å². The van der Waals surface area contributed by atoms with Crippen LogP contribution in [0.5, 0.6) is 0 Å². The van der Waals surface area contributed by atoms with Crippen molar-refractivity contribution < 1.29 is 8.63 Å². The summed E-state index contributed by atoms with van der Waals surface area (Å²) in [6, 6.07) is 9.60. The molecule has 2 nitrogen and oxygen atoms in total. The first-order valence-electron chi connectivity index (χ1n) is 7.36. The van der Waals surface area contributed by atoms with Crippen molar-refractivity contribution in [2.24, 2.45) is 0 Å². The smallest absolute Gasteiger partial charge is 0.192 e. The van der Waals surface area contributed by atoms with Crippen LogP contribution in [0.4, 0.5) is 0 Å². The van der Waals surface area contributed by atoms with Gasteiger partial charge in [-0.25, -0.2) is 0 Å². The largest absolute Gasteiger partial charge is 0.413 e. The fraction of sp³-hybridized carbons (Fsp3) is 0.529. The number of rotatable bonds is 6. The van der Waals surface area contributed by atoms with E-state index in [1.54, 1.807) is 0 Å². The Kier molecular flexibility index (Phi) is 6.57. The highest BCUT2D eigenvalue weighted by molar-refractivity contribution is 7.85. The van der Waals surface area contributed by atoms with E-state index in [0.29, 0.717) is 12.4 Å². The Balaban J connectivity index is 2.53. The lowest BCUT2D eigenvalue weighted by Gasteiger charge is -2.36. The summed E-state index contributed by atoms with van der Waals surface area (Å²) in [5.41, 5.74) is 1.16. The Bertz CT molecular complexity index is 501. The van der Waals surface area contributed by atoms with Gasteiger partial charge in [0.05, 0.1) is 17.4 Å². The summed E-state index contributed by atoms with van der Waals surface area (Å²) in [6.07, 6.45) is 2.04. The maximum absolute atomic E-state index is 12.1. The predicted molar refractivity (Wildman–Crippen MR) is 94.6 cm³/mol. The predicted octanol–water partition coefficient (Wildman–Crippen LogP) is 4.76. The van der Waals surface area contributed by atoms with Gasteiger partial charge in [0.1, 0.15) is 0 Å². The summed E-state index contributed by atoms with van der Waals surface area (Å²) in [6.45, 7) is 13.9. The van der Waals surface area contributed by atoms with Crippen LogP contribution in [-0.4, -0.2) is 24.9 Å². The first kappa shape index (κ1) is 18.3. The van der Waals surface area contributed by atoms with E-state index in [-0.39, 0.29) is 5.04 Å². The van der Waals surface area contributed by atoms with Gasteiger partial charge in [0.15, 0.2) is 8.32 Å². The summed E-state index contributed by atoms with van der Waals surface area (Å²) in [7, 11) is -2.67. The Hall–Kier alpha value is -0.713.